The van der Waals surface area contributed by atoms with Gasteiger partial charge in [-0.2, -0.15) is 0 Å². The molecule has 0 atom stereocenters. The van der Waals surface area contributed by atoms with E-state index in [0.717, 1.165) is 0 Å². The second kappa shape index (κ2) is 8.55. The van der Waals surface area contributed by atoms with E-state index in [-0.39, 0.29) is 11.8 Å². The number of rotatable bonds is 5. The van der Waals surface area contributed by atoms with Gasteiger partial charge >= 0.3 is 0 Å². The highest BCUT2D eigenvalue weighted by molar-refractivity contribution is 6.06. The molecule has 1 aliphatic heterocycles. The Labute approximate surface area is 157 Å². The number of morpholine rings is 1. The number of ether oxygens (including phenoxy) is 3. The fraction of sp³-hybridized carbons (Fsp3) is 0.300. The van der Waals surface area contributed by atoms with Crippen LogP contribution in [0.25, 0.3) is 0 Å². The van der Waals surface area contributed by atoms with Gasteiger partial charge in [0.05, 0.1) is 27.4 Å². The summed E-state index contributed by atoms with van der Waals surface area (Å²) in [6, 6.07) is 11.8. The van der Waals surface area contributed by atoms with Crippen molar-refractivity contribution in [2.24, 2.45) is 0 Å². The van der Waals surface area contributed by atoms with Gasteiger partial charge in [0.1, 0.15) is 0 Å². The summed E-state index contributed by atoms with van der Waals surface area (Å²) in [5.74, 6) is 0.693. The number of nitrogens with one attached hydrogen (secondary N) is 1. The van der Waals surface area contributed by atoms with E-state index in [9.17, 15) is 9.59 Å². The van der Waals surface area contributed by atoms with Crippen LogP contribution in [0.15, 0.2) is 42.5 Å². The zero-order valence-electron chi connectivity index (χ0n) is 15.4. The summed E-state index contributed by atoms with van der Waals surface area (Å²) in [5.41, 5.74) is 1.46. The fourth-order valence-corrected chi connectivity index (χ4v) is 2.86. The zero-order valence-corrected chi connectivity index (χ0v) is 15.4. The summed E-state index contributed by atoms with van der Waals surface area (Å²) in [7, 11) is 3.08. The lowest BCUT2D eigenvalue weighted by Gasteiger charge is -2.27. The first kappa shape index (κ1) is 18.7. The van der Waals surface area contributed by atoms with Gasteiger partial charge in [0.25, 0.3) is 11.8 Å². The molecule has 0 saturated carbocycles. The molecule has 0 spiro atoms. The van der Waals surface area contributed by atoms with Crippen LogP contribution in [-0.4, -0.2) is 57.2 Å². The minimum atomic E-state index is -0.307. The molecular formula is C20H22N2O5. The summed E-state index contributed by atoms with van der Waals surface area (Å²) in [5, 5.41) is 2.81. The first-order valence-corrected chi connectivity index (χ1v) is 8.63. The van der Waals surface area contributed by atoms with Crippen LogP contribution in [0.1, 0.15) is 20.7 Å². The van der Waals surface area contributed by atoms with Crippen molar-refractivity contribution in [3.8, 4) is 11.5 Å². The van der Waals surface area contributed by atoms with Gasteiger partial charge in [0, 0.05) is 36.0 Å². The molecule has 1 fully saturated rings. The van der Waals surface area contributed by atoms with Crippen LogP contribution in [0.5, 0.6) is 11.5 Å². The van der Waals surface area contributed by atoms with Crippen LogP contribution < -0.4 is 14.8 Å². The molecule has 2 aromatic carbocycles. The molecule has 142 valence electrons. The maximum absolute atomic E-state index is 12.6. The maximum Gasteiger partial charge on any atom is 0.255 e. The molecule has 0 bridgehead atoms. The van der Waals surface area contributed by atoms with Crippen LogP contribution >= 0.6 is 0 Å². The molecule has 7 nitrogen and oxygen atoms in total. The Hall–Kier alpha value is -3.06. The second-order valence-electron chi connectivity index (χ2n) is 6.01. The summed E-state index contributed by atoms with van der Waals surface area (Å²) in [4.78, 5) is 26.9. The average Bonchev–Trinajstić information content (AvgIpc) is 2.73. The standard InChI is InChI=1S/C20H22N2O5/c1-25-17-7-6-16(13-18(17)26-2)21-19(23)14-4-3-5-15(12-14)20(24)22-8-10-27-11-9-22/h3-7,12-13H,8-11H2,1-2H3,(H,21,23). The molecule has 1 saturated heterocycles. The minimum Gasteiger partial charge on any atom is -0.493 e. The summed E-state index contributed by atoms with van der Waals surface area (Å²) < 4.78 is 15.7. The number of hydrogen-bond acceptors (Lipinski definition) is 5. The maximum atomic E-state index is 12.6. The molecule has 2 aromatic rings. The predicted octanol–water partition coefficient (Wildman–Crippen LogP) is 2.43. The van der Waals surface area contributed by atoms with Crippen molar-refractivity contribution in [3.05, 3.63) is 53.6 Å². The molecule has 1 aliphatic rings. The third-order valence-corrected chi connectivity index (χ3v) is 4.31. The molecule has 2 amide bonds. The number of amides is 2. The quantitative estimate of drug-likeness (QED) is 0.875. The Balaban J connectivity index is 1.74. The predicted molar refractivity (Wildman–Crippen MR) is 101 cm³/mol. The third kappa shape index (κ3) is 4.38. The van der Waals surface area contributed by atoms with E-state index in [1.807, 2.05) is 0 Å². The molecule has 0 aliphatic carbocycles. The van der Waals surface area contributed by atoms with Crippen molar-refractivity contribution < 1.29 is 23.8 Å². The van der Waals surface area contributed by atoms with Gasteiger partial charge in [0.2, 0.25) is 0 Å². The summed E-state index contributed by atoms with van der Waals surface area (Å²) in [6.07, 6.45) is 0. The highest BCUT2D eigenvalue weighted by Crippen LogP contribution is 2.29. The monoisotopic (exact) mass is 370 g/mol. The third-order valence-electron chi connectivity index (χ3n) is 4.31. The molecular weight excluding hydrogens is 348 g/mol. The van der Waals surface area contributed by atoms with E-state index in [1.54, 1.807) is 54.5 Å². The average molecular weight is 370 g/mol. The number of carbonyl (C=O) groups is 2. The largest absolute Gasteiger partial charge is 0.493 e. The Morgan fingerprint density at radius 1 is 0.963 bits per heavy atom. The van der Waals surface area contributed by atoms with Crippen molar-refractivity contribution in [1.29, 1.82) is 0 Å². The van der Waals surface area contributed by atoms with E-state index in [4.69, 9.17) is 14.2 Å². The number of benzene rings is 2. The number of carbonyl (C=O) groups excluding carboxylic acids is 2. The number of anilines is 1. The van der Waals surface area contributed by atoms with Crippen molar-refractivity contribution >= 4 is 17.5 Å². The first-order valence-electron chi connectivity index (χ1n) is 8.63. The van der Waals surface area contributed by atoms with Gasteiger partial charge in [-0.05, 0) is 30.3 Å². The number of methoxy groups -OCH3 is 2. The van der Waals surface area contributed by atoms with Crippen molar-refractivity contribution in [2.45, 2.75) is 0 Å². The lowest BCUT2D eigenvalue weighted by molar-refractivity contribution is 0.0303. The summed E-state index contributed by atoms with van der Waals surface area (Å²) >= 11 is 0. The second-order valence-corrected chi connectivity index (χ2v) is 6.01. The van der Waals surface area contributed by atoms with E-state index in [0.29, 0.717) is 54.6 Å². The van der Waals surface area contributed by atoms with Crippen LogP contribution in [0.4, 0.5) is 5.69 Å². The lowest BCUT2D eigenvalue weighted by atomic mass is 10.1. The highest BCUT2D eigenvalue weighted by atomic mass is 16.5. The van der Waals surface area contributed by atoms with Gasteiger partial charge in [-0.15, -0.1) is 0 Å². The Morgan fingerprint density at radius 2 is 1.67 bits per heavy atom. The molecule has 3 rings (SSSR count). The van der Waals surface area contributed by atoms with Crippen LogP contribution in [0.3, 0.4) is 0 Å². The fourth-order valence-electron chi connectivity index (χ4n) is 2.86. The van der Waals surface area contributed by atoms with Crippen molar-refractivity contribution in [1.82, 2.24) is 4.90 Å². The van der Waals surface area contributed by atoms with E-state index >= 15 is 0 Å². The van der Waals surface area contributed by atoms with Crippen molar-refractivity contribution in [3.63, 3.8) is 0 Å². The van der Waals surface area contributed by atoms with Gasteiger partial charge in [-0.25, -0.2) is 0 Å². The minimum absolute atomic E-state index is 0.0981. The highest BCUT2D eigenvalue weighted by Gasteiger charge is 2.19. The van der Waals surface area contributed by atoms with Gasteiger partial charge in [-0.1, -0.05) is 6.07 Å². The molecule has 0 aromatic heterocycles. The number of hydrogen-bond donors (Lipinski definition) is 1. The number of nitrogens with zero attached hydrogens (tertiary/aromatic N) is 1. The normalized spacial score (nSPS) is 13.8. The van der Waals surface area contributed by atoms with E-state index in [2.05, 4.69) is 5.32 Å². The molecule has 1 heterocycles. The lowest BCUT2D eigenvalue weighted by Crippen LogP contribution is -2.40. The SMILES string of the molecule is COc1ccc(NC(=O)c2cccc(C(=O)N3CCOCC3)c2)cc1OC. The van der Waals surface area contributed by atoms with Crippen LogP contribution in [0.2, 0.25) is 0 Å². The Bertz CT molecular complexity index is 831. The smallest absolute Gasteiger partial charge is 0.255 e. The molecule has 1 N–H and O–H groups in total. The molecule has 7 heteroatoms. The van der Waals surface area contributed by atoms with Crippen LogP contribution in [0, 0.1) is 0 Å². The van der Waals surface area contributed by atoms with E-state index < -0.39 is 0 Å². The van der Waals surface area contributed by atoms with Gasteiger partial charge in [-0.3, -0.25) is 9.59 Å². The molecule has 27 heavy (non-hydrogen) atoms. The topological polar surface area (TPSA) is 77.1 Å². The Kier molecular flexibility index (Phi) is 5.93. The van der Waals surface area contributed by atoms with Gasteiger partial charge < -0.3 is 24.4 Å². The van der Waals surface area contributed by atoms with Crippen molar-refractivity contribution in [2.75, 3.05) is 45.8 Å². The Morgan fingerprint density at radius 3 is 2.37 bits per heavy atom. The first-order chi connectivity index (χ1) is 13.1. The summed E-state index contributed by atoms with van der Waals surface area (Å²) in [6.45, 7) is 2.18. The molecule has 0 radical (unpaired) electrons. The van der Waals surface area contributed by atoms with E-state index in [1.165, 1.54) is 7.11 Å². The molecule has 0 unspecified atom stereocenters. The zero-order chi connectivity index (χ0) is 19.2. The van der Waals surface area contributed by atoms with Crippen LogP contribution in [-0.2, 0) is 4.74 Å². The van der Waals surface area contributed by atoms with Gasteiger partial charge in [0.15, 0.2) is 11.5 Å².